The molecule has 1 saturated heterocycles. The van der Waals surface area contributed by atoms with Crippen molar-refractivity contribution in [2.45, 2.75) is 44.8 Å². The van der Waals surface area contributed by atoms with Gasteiger partial charge in [0.1, 0.15) is 5.60 Å². The van der Waals surface area contributed by atoms with E-state index in [-0.39, 0.29) is 5.91 Å². The molecule has 1 aromatic rings. The Morgan fingerprint density at radius 2 is 1.86 bits per heavy atom. The lowest BCUT2D eigenvalue weighted by molar-refractivity contribution is -0.151. The van der Waals surface area contributed by atoms with E-state index in [0.717, 1.165) is 17.1 Å². The molecule has 0 unspecified atom stereocenters. The molecule has 0 atom stereocenters. The standard InChI is InChI=1S/C17H25NO2S/c1-13(2)15-6-4-14(5-7-15)12-18(3)16(19)17(20)8-10-21-11-9-17/h4-7,13,20H,8-12H2,1-3H3. The van der Waals surface area contributed by atoms with Gasteiger partial charge in [0.2, 0.25) is 0 Å². The van der Waals surface area contributed by atoms with Crippen molar-refractivity contribution in [1.29, 1.82) is 0 Å². The lowest BCUT2D eigenvalue weighted by atomic mass is 9.95. The molecule has 1 N–H and O–H groups in total. The molecule has 1 aliphatic rings. The van der Waals surface area contributed by atoms with Crippen LogP contribution in [0.3, 0.4) is 0 Å². The molecule has 0 aliphatic carbocycles. The highest BCUT2D eigenvalue weighted by molar-refractivity contribution is 7.99. The van der Waals surface area contributed by atoms with Crippen LogP contribution in [0, 0.1) is 0 Å². The number of carbonyl (C=O) groups is 1. The van der Waals surface area contributed by atoms with Gasteiger partial charge >= 0.3 is 0 Å². The molecule has 116 valence electrons. The SMILES string of the molecule is CC(C)c1ccc(CN(C)C(=O)C2(O)CCSCC2)cc1. The van der Waals surface area contributed by atoms with E-state index < -0.39 is 5.60 Å². The van der Waals surface area contributed by atoms with E-state index in [2.05, 4.69) is 38.1 Å². The zero-order valence-electron chi connectivity index (χ0n) is 13.1. The summed E-state index contributed by atoms with van der Waals surface area (Å²) in [5.41, 5.74) is 1.25. The van der Waals surface area contributed by atoms with Crippen LogP contribution in [0.25, 0.3) is 0 Å². The molecule has 1 fully saturated rings. The molecule has 0 spiro atoms. The molecular formula is C17H25NO2S. The highest BCUT2D eigenvalue weighted by Crippen LogP contribution is 2.29. The van der Waals surface area contributed by atoms with Crippen LogP contribution >= 0.6 is 11.8 Å². The fourth-order valence-corrected chi connectivity index (χ4v) is 3.80. The van der Waals surface area contributed by atoms with Gasteiger partial charge in [-0.1, -0.05) is 38.1 Å². The summed E-state index contributed by atoms with van der Waals surface area (Å²) < 4.78 is 0. The fourth-order valence-electron chi connectivity index (χ4n) is 2.63. The predicted molar refractivity (Wildman–Crippen MR) is 88.5 cm³/mol. The summed E-state index contributed by atoms with van der Waals surface area (Å²) in [7, 11) is 1.78. The zero-order valence-corrected chi connectivity index (χ0v) is 13.9. The van der Waals surface area contributed by atoms with Gasteiger partial charge in [0.15, 0.2) is 0 Å². The highest BCUT2D eigenvalue weighted by Gasteiger charge is 2.39. The van der Waals surface area contributed by atoms with E-state index in [1.54, 1.807) is 23.7 Å². The Bertz CT molecular complexity index is 478. The summed E-state index contributed by atoms with van der Waals surface area (Å²) in [5.74, 6) is 2.09. The van der Waals surface area contributed by atoms with E-state index in [4.69, 9.17) is 0 Å². The quantitative estimate of drug-likeness (QED) is 0.929. The number of nitrogens with zero attached hydrogens (tertiary/aromatic N) is 1. The van der Waals surface area contributed by atoms with Gasteiger partial charge in [-0.3, -0.25) is 4.79 Å². The number of aliphatic hydroxyl groups is 1. The minimum atomic E-state index is -1.15. The van der Waals surface area contributed by atoms with Crippen molar-refractivity contribution in [2.24, 2.45) is 0 Å². The van der Waals surface area contributed by atoms with Crippen molar-refractivity contribution >= 4 is 17.7 Å². The second-order valence-electron chi connectivity index (χ2n) is 6.20. The Hall–Kier alpha value is -1.00. The van der Waals surface area contributed by atoms with Crippen molar-refractivity contribution in [3.05, 3.63) is 35.4 Å². The molecule has 2 rings (SSSR count). The van der Waals surface area contributed by atoms with Crippen LogP contribution in [0.2, 0.25) is 0 Å². The Labute approximate surface area is 131 Å². The molecule has 1 aromatic carbocycles. The molecule has 0 bridgehead atoms. The number of hydrogen-bond donors (Lipinski definition) is 1. The van der Waals surface area contributed by atoms with Gasteiger partial charge in [0, 0.05) is 13.6 Å². The molecule has 1 heterocycles. The van der Waals surface area contributed by atoms with Crippen LogP contribution in [-0.4, -0.2) is 40.1 Å². The van der Waals surface area contributed by atoms with E-state index in [1.807, 2.05) is 0 Å². The van der Waals surface area contributed by atoms with Gasteiger partial charge in [0.25, 0.3) is 5.91 Å². The fraction of sp³-hybridized carbons (Fsp3) is 0.588. The normalized spacial score (nSPS) is 17.8. The summed E-state index contributed by atoms with van der Waals surface area (Å²) in [6.07, 6.45) is 1.13. The van der Waals surface area contributed by atoms with Gasteiger partial charge in [0.05, 0.1) is 0 Å². The van der Waals surface area contributed by atoms with Crippen LogP contribution in [0.1, 0.15) is 43.7 Å². The summed E-state index contributed by atoms with van der Waals surface area (Å²) >= 11 is 1.80. The van der Waals surface area contributed by atoms with Crippen LogP contribution in [0.5, 0.6) is 0 Å². The maximum atomic E-state index is 12.5. The largest absolute Gasteiger partial charge is 0.380 e. The van der Waals surface area contributed by atoms with Crippen molar-refractivity contribution in [1.82, 2.24) is 4.90 Å². The third-order valence-corrected chi connectivity index (χ3v) is 5.12. The minimum absolute atomic E-state index is 0.143. The second-order valence-corrected chi connectivity index (χ2v) is 7.43. The van der Waals surface area contributed by atoms with Crippen LogP contribution in [0.4, 0.5) is 0 Å². The Balaban J connectivity index is 2.00. The lowest BCUT2D eigenvalue weighted by Crippen LogP contribution is -2.49. The number of carbonyl (C=O) groups excluding carboxylic acids is 1. The highest BCUT2D eigenvalue weighted by atomic mass is 32.2. The molecule has 1 amide bonds. The van der Waals surface area contributed by atoms with Crippen molar-refractivity contribution in [2.75, 3.05) is 18.6 Å². The Morgan fingerprint density at radius 1 is 1.29 bits per heavy atom. The zero-order chi connectivity index (χ0) is 15.5. The number of rotatable bonds is 4. The number of amides is 1. The Morgan fingerprint density at radius 3 is 2.38 bits per heavy atom. The third-order valence-electron chi connectivity index (χ3n) is 4.13. The van der Waals surface area contributed by atoms with Gasteiger partial charge in [-0.15, -0.1) is 0 Å². The average Bonchev–Trinajstić information content (AvgIpc) is 2.47. The van der Waals surface area contributed by atoms with Crippen LogP contribution < -0.4 is 0 Å². The molecule has 0 aromatic heterocycles. The Kier molecular flexibility index (Phi) is 5.33. The molecule has 21 heavy (non-hydrogen) atoms. The molecule has 4 heteroatoms. The molecular weight excluding hydrogens is 282 g/mol. The summed E-state index contributed by atoms with van der Waals surface area (Å²) in [4.78, 5) is 14.1. The summed E-state index contributed by atoms with van der Waals surface area (Å²) in [6, 6.07) is 8.37. The third kappa shape index (κ3) is 4.01. The smallest absolute Gasteiger partial charge is 0.254 e. The summed E-state index contributed by atoms with van der Waals surface area (Å²) in [5, 5.41) is 10.5. The maximum Gasteiger partial charge on any atom is 0.254 e. The van der Waals surface area contributed by atoms with Crippen LogP contribution in [0.15, 0.2) is 24.3 Å². The van der Waals surface area contributed by atoms with E-state index in [0.29, 0.717) is 25.3 Å². The van der Waals surface area contributed by atoms with E-state index in [9.17, 15) is 9.90 Å². The number of benzene rings is 1. The number of hydrogen-bond acceptors (Lipinski definition) is 3. The average molecular weight is 307 g/mol. The first-order valence-corrected chi connectivity index (χ1v) is 8.72. The first-order chi connectivity index (χ1) is 9.92. The number of thioether (sulfide) groups is 1. The van der Waals surface area contributed by atoms with Crippen molar-refractivity contribution < 1.29 is 9.90 Å². The van der Waals surface area contributed by atoms with Crippen molar-refractivity contribution in [3.8, 4) is 0 Å². The van der Waals surface area contributed by atoms with Crippen molar-refractivity contribution in [3.63, 3.8) is 0 Å². The van der Waals surface area contributed by atoms with Gasteiger partial charge in [-0.2, -0.15) is 11.8 Å². The van der Waals surface area contributed by atoms with E-state index >= 15 is 0 Å². The predicted octanol–water partition coefficient (Wildman–Crippen LogP) is 3.03. The topological polar surface area (TPSA) is 40.5 Å². The first-order valence-electron chi connectivity index (χ1n) is 7.57. The minimum Gasteiger partial charge on any atom is -0.380 e. The number of likely N-dealkylation sites (N-methyl/N-ethyl adjacent to an activating group) is 1. The maximum absolute atomic E-state index is 12.5. The molecule has 0 radical (unpaired) electrons. The van der Waals surface area contributed by atoms with E-state index in [1.165, 1.54) is 5.56 Å². The monoisotopic (exact) mass is 307 g/mol. The van der Waals surface area contributed by atoms with Gasteiger partial charge < -0.3 is 10.0 Å². The van der Waals surface area contributed by atoms with Crippen LogP contribution in [-0.2, 0) is 11.3 Å². The molecule has 1 aliphatic heterocycles. The molecule has 3 nitrogen and oxygen atoms in total. The summed E-state index contributed by atoms with van der Waals surface area (Å²) in [6.45, 7) is 4.88. The second kappa shape index (κ2) is 6.84. The van der Waals surface area contributed by atoms with Gasteiger partial charge in [-0.05, 0) is 41.4 Å². The lowest BCUT2D eigenvalue weighted by Gasteiger charge is -2.34. The first kappa shape index (κ1) is 16.4. The van der Waals surface area contributed by atoms with Gasteiger partial charge in [-0.25, -0.2) is 0 Å². The molecule has 0 saturated carbocycles.